The molecule has 86 valence electrons. The number of rotatable bonds is 3. The van der Waals surface area contributed by atoms with Crippen LogP contribution < -0.4 is 11.1 Å². The molecule has 4 nitrogen and oxygen atoms in total. The summed E-state index contributed by atoms with van der Waals surface area (Å²) in [5.74, 6) is 0.485. The summed E-state index contributed by atoms with van der Waals surface area (Å²) in [6.07, 6.45) is 0.329. The average molecular weight is 252 g/mol. The molecule has 1 amide bonds. The Balaban J connectivity index is 0. The van der Waals surface area contributed by atoms with Crippen LogP contribution in [0, 0.1) is 6.92 Å². The number of amides is 1. The average Bonchev–Trinajstić information content (AvgIpc) is 2.04. The molecule has 0 aromatic carbocycles. The lowest BCUT2D eigenvalue weighted by Gasteiger charge is -2.03. The minimum absolute atomic E-state index is 0. The quantitative estimate of drug-likeness (QED) is 0.856. The van der Waals surface area contributed by atoms with Gasteiger partial charge in [-0.15, -0.1) is 24.8 Å². The molecule has 0 aliphatic heterocycles. The monoisotopic (exact) mass is 251 g/mol. The maximum Gasteiger partial charge on any atom is 0.226 e. The van der Waals surface area contributed by atoms with E-state index in [-0.39, 0.29) is 30.7 Å². The summed E-state index contributed by atoms with van der Waals surface area (Å²) >= 11 is 0. The summed E-state index contributed by atoms with van der Waals surface area (Å²) in [5, 5.41) is 2.65. The van der Waals surface area contributed by atoms with Gasteiger partial charge in [-0.05, 0) is 19.1 Å². The molecule has 1 aromatic rings. The van der Waals surface area contributed by atoms with Crippen molar-refractivity contribution >= 4 is 36.5 Å². The van der Waals surface area contributed by atoms with Crippen molar-refractivity contribution in [1.29, 1.82) is 0 Å². The normalized spacial score (nSPS) is 8.40. The molecule has 0 atom stereocenters. The highest BCUT2D eigenvalue weighted by molar-refractivity contribution is 5.89. The number of pyridine rings is 1. The number of aryl methyl sites for hydroxylation is 1. The van der Waals surface area contributed by atoms with Crippen molar-refractivity contribution in [3.8, 4) is 0 Å². The molecule has 1 rings (SSSR count). The minimum Gasteiger partial charge on any atom is -0.330 e. The number of halogens is 2. The van der Waals surface area contributed by atoms with Crippen LogP contribution in [0.1, 0.15) is 12.1 Å². The zero-order chi connectivity index (χ0) is 9.68. The second kappa shape index (κ2) is 8.47. The number of hydrogen-bond donors (Lipinski definition) is 2. The van der Waals surface area contributed by atoms with Crippen LogP contribution in [0.15, 0.2) is 18.2 Å². The Kier molecular flexibility index (Phi) is 9.36. The first kappa shape index (κ1) is 16.6. The van der Waals surface area contributed by atoms with E-state index in [2.05, 4.69) is 10.3 Å². The lowest BCUT2D eigenvalue weighted by molar-refractivity contribution is -0.116. The maximum absolute atomic E-state index is 11.1. The fraction of sp³-hybridized carbons (Fsp3) is 0.333. The fourth-order valence-corrected chi connectivity index (χ4v) is 0.949. The van der Waals surface area contributed by atoms with Gasteiger partial charge in [0.2, 0.25) is 5.91 Å². The van der Waals surface area contributed by atoms with E-state index in [1.54, 1.807) is 6.07 Å². The van der Waals surface area contributed by atoms with Gasteiger partial charge < -0.3 is 11.1 Å². The number of hydrogen-bond acceptors (Lipinski definition) is 3. The third-order valence-corrected chi connectivity index (χ3v) is 1.53. The molecule has 15 heavy (non-hydrogen) atoms. The van der Waals surface area contributed by atoms with Crippen LogP contribution >= 0.6 is 24.8 Å². The van der Waals surface area contributed by atoms with Crippen LogP contribution in [0.5, 0.6) is 0 Å². The molecule has 0 spiro atoms. The topological polar surface area (TPSA) is 68.0 Å². The number of nitrogens with zero attached hydrogens (tertiary/aromatic N) is 1. The summed E-state index contributed by atoms with van der Waals surface area (Å²) in [6, 6.07) is 5.47. The smallest absolute Gasteiger partial charge is 0.226 e. The van der Waals surface area contributed by atoms with Crippen molar-refractivity contribution in [3.63, 3.8) is 0 Å². The van der Waals surface area contributed by atoms with Gasteiger partial charge in [0.15, 0.2) is 0 Å². The molecule has 0 saturated carbocycles. The second-order valence-electron chi connectivity index (χ2n) is 2.75. The van der Waals surface area contributed by atoms with Crippen LogP contribution in [-0.2, 0) is 4.79 Å². The first-order valence-corrected chi connectivity index (χ1v) is 4.16. The Labute approximate surface area is 101 Å². The van der Waals surface area contributed by atoms with Crippen LogP contribution in [0.25, 0.3) is 0 Å². The highest BCUT2D eigenvalue weighted by atomic mass is 35.5. The maximum atomic E-state index is 11.1. The van der Waals surface area contributed by atoms with Crippen LogP contribution in [-0.4, -0.2) is 17.4 Å². The van der Waals surface area contributed by atoms with Crippen molar-refractivity contribution in [3.05, 3.63) is 23.9 Å². The predicted octanol–water partition coefficient (Wildman–Crippen LogP) is 1.52. The van der Waals surface area contributed by atoms with E-state index in [1.807, 2.05) is 19.1 Å². The van der Waals surface area contributed by atoms with Gasteiger partial charge in [0.05, 0.1) is 0 Å². The van der Waals surface area contributed by atoms with E-state index in [0.29, 0.717) is 18.8 Å². The van der Waals surface area contributed by atoms with E-state index in [1.165, 1.54) is 0 Å². The number of carbonyl (C=O) groups is 1. The Morgan fingerprint density at radius 1 is 1.47 bits per heavy atom. The highest BCUT2D eigenvalue weighted by Gasteiger charge is 2.00. The molecule has 0 unspecified atom stereocenters. The van der Waals surface area contributed by atoms with Gasteiger partial charge in [-0.3, -0.25) is 4.79 Å². The van der Waals surface area contributed by atoms with E-state index in [0.717, 1.165) is 5.69 Å². The third kappa shape index (κ3) is 6.28. The summed E-state index contributed by atoms with van der Waals surface area (Å²) in [5.41, 5.74) is 6.11. The van der Waals surface area contributed by atoms with Crippen molar-refractivity contribution in [2.24, 2.45) is 5.73 Å². The van der Waals surface area contributed by atoms with Crippen LogP contribution in [0.3, 0.4) is 0 Å². The number of carbonyl (C=O) groups excluding carboxylic acids is 1. The van der Waals surface area contributed by atoms with Gasteiger partial charge >= 0.3 is 0 Å². The minimum atomic E-state index is -0.0967. The second-order valence-corrected chi connectivity index (χ2v) is 2.75. The first-order valence-electron chi connectivity index (χ1n) is 4.16. The SMILES string of the molecule is Cc1cccc(NC(=O)CCN)n1.Cl.Cl. The summed E-state index contributed by atoms with van der Waals surface area (Å²) in [7, 11) is 0. The van der Waals surface area contributed by atoms with E-state index >= 15 is 0 Å². The molecule has 0 radical (unpaired) electrons. The largest absolute Gasteiger partial charge is 0.330 e. The standard InChI is InChI=1S/C9H13N3O.2ClH/c1-7-3-2-4-8(11-7)12-9(13)5-6-10;;/h2-4H,5-6,10H2,1H3,(H,11,12,13);2*1H. The van der Waals surface area contributed by atoms with Crippen molar-refractivity contribution in [2.75, 3.05) is 11.9 Å². The molecule has 0 saturated heterocycles. The fourth-order valence-electron chi connectivity index (χ4n) is 0.949. The molecular weight excluding hydrogens is 237 g/mol. The number of nitrogens with two attached hydrogens (primary N) is 1. The Bertz CT molecular complexity index is 307. The summed E-state index contributed by atoms with van der Waals surface area (Å²) < 4.78 is 0. The van der Waals surface area contributed by atoms with Crippen LogP contribution in [0.4, 0.5) is 5.82 Å². The first-order chi connectivity index (χ1) is 6.22. The van der Waals surface area contributed by atoms with Crippen molar-refractivity contribution in [2.45, 2.75) is 13.3 Å². The number of aromatic nitrogens is 1. The molecular formula is C9H15Cl2N3O. The molecule has 0 fully saturated rings. The van der Waals surface area contributed by atoms with Gasteiger partial charge in [-0.2, -0.15) is 0 Å². The Morgan fingerprint density at radius 3 is 2.67 bits per heavy atom. The van der Waals surface area contributed by atoms with Crippen molar-refractivity contribution in [1.82, 2.24) is 4.98 Å². The number of nitrogens with one attached hydrogen (secondary N) is 1. The molecule has 1 heterocycles. The van der Waals surface area contributed by atoms with Gasteiger partial charge in [-0.25, -0.2) is 4.98 Å². The third-order valence-electron chi connectivity index (χ3n) is 1.53. The number of anilines is 1. The molecule has 1 aromatic heterocycles. The lowest BCUT2D eigenvalue weighted by atomic mass is 10.3. The van der Waals surface area contributed by atoms with E-state index in [4.69, 9.17) is 5.73 Å². The molecule has 0 bridgehead atoms. The molecule has 0 aliphatic rings. The van der Waals surface area contributed by atoms with E-state index in [9.17, 15) is 4.79 Å². The molecule has 6 heteroatoms. The summed E-state index contributed by atoms with van der Waals surface area (Å²) in [6.45, 7) is 2.23. The Morgan fingerprint density at radius 2 is 2.13 bits per heavy atom. The zero-order valence-electron chi connectivity index (χ0n) is 8.40. The zero-order valence-corrected chi connectivity index (χ0v) is 10.0. The van der Waals surface area contributed by atoms with E-state index < -0.39 is 0 Å². The van der Waals surface area contributed by atoms with Gasteiger partial charge in [0.1, 0.15) is 5.82 Å². The Hall–Kier alpha value is -0.840. The molecule has 3 N–H and O–H groups in total. The van der Waals surface area contributed by atoms with Gasteiger partial charge in [-0.1, -0.05) is 6.07 Å². The lowest BCUT2D eigenvalue weighted by Crippen LogP contribution is -2.16. The van der Waals surface area contributed by atoms with Gasteiger partial charge in [0.25, 0.3) is 0 Å². The summed E-state index contributed by atoms with van der Waals surface area (Å²) in [4.78, 5) is 15.2. The van der Waals surface area contributed by atoms with Gasteiger partial charge in [0, 0.05) is 18.7 Å². The predicted molar refractivity (Wildman–Crippen MR) is 65.8 cm³/mol. The highest BCUT2D eigenvalue weighted by Crippen LogP contribution is 2.03. The molecule has 0 aliphatic carbocycles. The van der Waals surface area contributed by atoms with Crippen molar-refractivity contribution < 1.29 is 4.79 Å². The van der Waals surface area contributed by atoms with Crippen LogP contribution in [0.2, 0.25) is 0 Å².